The van der Waals surface area contributed by atoms with Crippen molar-refractivity contribution < 1.29 is 0 Å². The van der Waals surface area contributed by atoms with Crippen molar-refractivity contribution in [2.24, 2.45) is 0 Å². The molecule has 1 saturated carbocycles. The Hall–Kier alpha value is -2.10. The summed E-state index contributed by atoms with van der Waals surface area (Å²) in [4.78, 5) is 12.0. The van der Waals surface area contributed by atoms with Gasteiger partial charge in [-0.25, -0.2) is 4.68 Å². The number of hydrogen-bond acceptors (Lipinski definition) is 3. The van der Waals surface area contributed by atoms with Crippen LogP contribution in [0.5, 0.6) is 0 Å². The molecular formula is C15H17N3O. The largest absolute Gasteiger partial charge is 0.381 e. The Morgan fingerprint density at radius 1 is 1.32 bits per heavy atom. The van der Waals surface area contributed by atoms with Crippen molar-refractivity contribution in [3.8, 4) is 0 Å². The van der Waals surface area contributed by atoms with Gasteiger partial charge in [0.25, 0.3) is 5.56 Å². The first kappa shape index (κ1) is 12.0. The Balaban J connectivity index is 1.76. The zero-order valence-electron chi connectivity index (χ0n) is 11.0. The van der Waals surface area contributed by atoms with Crippen molar-refractivity contribution in [2.45, 2.75) is 32.4 Å². The van der Waals surface area contributed by atoms with Crippen molar-refractivity contribution in [3.05, 3.63) is 58.0 Å². The second-order valence-electron chi connectivity index (χ2n) is 5.14. The van der Waals surface area contributed by atoms with E-state index in [1.807, 2.05) is 31.2 Å². The lowest BCUT2D eigenvalue weighted by atomic mass is 10.1. The monoisotopic (exact) mass is 255 g/mol. The molecule has 1 aliphatic carbocycles. The fraction of sp³-hybridized carbons (Fsp3) is 0.333. The van der Waals surface area contributed by atoms with Gasteiger partial charge in [0, 0.05) is 12.1 Å². The van der Waals surface area contributed by atoms with Gasteiger partial charge in [-0.15, -0.1) is 0 Å². The first-order valence-electron chi connectivity index (χ1n) is 6.60. The Morgan fingerprint density at radius 2 is 2.05 bits per heavy atom. The highest BCUT2D eigenvalue weighted by Gasteiger charge is 2.21. The summed E-state index contributed by atoms with van der Waals surface area (Å²) in [5.74, 6) is 0. The SMILES string of the molecule is Cc1ccc(Cn2ncc(NC3CC3)cc2=O)cc1. The van der Waals surface area contributed by atoms with E-state index >= 15 is 0 Å². The van der Waals surface area contributed by atoms with Gasteiger partial charge in [-0.3, -0.25) is 4.79 Å². The Kier molecular flexibility index (Phi) is 3.07. The highest BCUT2D eigenvalue weighted by molar-refractivity contribution is 5.41. The maximum Gasteiger partial charge on any atom is 0.269 e. The summed E-state index contributed by atoms with van der Waals surface area (Å²) >= 11 is 0. The molecule has 1 aliphatic rings. The summed E-state index contributed by atoms with van der Waals surface area (Å²) in [6.45, 7) is 2.56. The van der Waals surface area contributed by atoms with Crippen LogP contribution in [0.1, 0.15) is 24.0 Å². The minimum absolute atomic E-state index is 0.0637. The van der Waals surface area contributed by atoms with Crippen LogP contribution in [0.25, 0.3) is 0 Å². The molecule has 4 nitrogen and oxygen atoms in total. The summed E-state index contributed by atoms with van der Waals surface area (Å²) in [5, 5.41) is 7.50. The molecule has 0 amide bonds. The van der Waals surface area contributed by atoms with Crippen LogP contribution < -0.4 is 10.9 Å². The molecule has 0 bridgehead atoms. The first-order valence-corrected chi connectivity index (χ1v) is 6.60. The number of rotatable bonds is 4. The maximum absolute atomic E-state index is 12.0. The quantitative estimate of drug-likeness (QED) is 0.910. The Labute approximate surface area is 112 Å². The lowest BCUT2D eigenvalue weighted by molar-refractivity contribution is 0.639. The van der Waals surface area contributed by atoms with Crippen molar-refractivity contribution in [1.29, 1.82) is 0 Å². The molecule has 1 N–H and O–H groups in total. The molecule has 0 aliphatic heterocycles. The summed E-state index contributed by atoms with van der Waals surface area (Å²) < 4.78 is 1.49. The minimum atomic E-state index is -0.0637. The van der Waals surface area contributed by atoms with Gasteiger partial charge in [-0.1, -0.05) is 29.8 Å². The molecule has 0 spiro atoms. The number of benzene rings is 1. The van der Waals surface area contributed by atoms with E-state index in [2.05, 4.69) is 10.4 Å². The van der Waals surface area contributed by atoms with E-state index in [-0.39, 0.29) is 5.56 Å². The average molecular weight is 255 g/mol. The Bertz CT molecular complexity index is 627. The molecule has 2 aromatic rings. The minimum Gasteiger partial charge on any atom is -0.381 e. The predicted octanol–water partition coefficient (Wildman–Crippen LogP) is 2.17. The third-order valence-corrected chi connectivity index (χ3v) is 3.27. The molecular weight excluding hydrogens is 238 g/mol. The van der Waals surface area contributed by atoms with Gasteiger partial charge in [0.05, 0.1) is 18.4 Å². The van der Waals surface area contributed by atoms with Crippen LogP contribution in [0.4, 0.5) is 5.69 Å². The predicted molar refractivity (Wildman–Crippen MR) is 75.4 cm³/mol. The highest BCUT2D eigenvalue weighted by atomic mass is 16.1. The van der Waals surface area contributed by atoms with Gasteiger partial charge in [-0.2, -0.15) is 5.10 Å². The average Bonchev–Trinajstić information content (AvgIpc) is 3.19. The smallest absolute Gasteiger partial charge is 0.269 e. The van der Waals surface area contributed by atoms with Crippen LogP contribution in [0.15, 0.2) is 41.3 Å². The van der Waals surface area contributed by atoms with Crippen molar-refractivity contribution in [3.63, 3.8) is 0 Å². The van der Waals surface area contributed by atoms with Gasteiger partial charge < -0.3 is 5.32 Å². The van der Waals surface area contributed by atoms with E-state index in [1.165, 1.54) is 23.1 Å². The lowest BCUT2D eigenvalue weighted by Gasteiger charge is -2.07. The number of nitrogens with zero attached hydrogens (tertiary/aromatic N) is 2. The fourth-order valence-electron chi connectivity index (χ4n) is 1.96. The fourth-order valence-corrected chi connectivity index (χ4v) is 1.96. The van der Waals surface area contributed by atoms with Crippen molar-refractivity contribution >= 4 is 5.69 Å². The van der Waals surface area contributed by atoms with Gasteiger partial charge in [0.1, 0.15) is 0 Å². The molecule has 3 rings (SSSR count). The second-order valence-corrected chi connectivity index (χ2v) is 5.14. The summed E-state index contributed by atoms with van der Waals surface area (Å²) in [6.07, 6.45) is 4.10. The van der Waals surface area contributed by atoms with Crippen LogP contribution in [-0.2, 0) is 6.54 Å². The summed E-state index contributed by atoms with van der Waals surface area (Å²) in [7, 11) is 0. The topological polar surface area (TPSA) is 46.9 Å². The summed E-state index contributed by atoms with van der Waals surface area (Å²) in [5.41, 5.74) is 3.06. The Morgan fingerprint density at radius 3 is 2.68 bits per heavy atom. The van der Waals surface area contributed by atoms with Gasteiger partial charge in [0.2, 0.25) is 0 Å². The van der Waals surface area contributed by atoms with Gasteiger partial charge in [-0.05, 0) is 25.3 Å². The molecule has 1 fully saturated rings. The molecule has 19 heavy (non-hydrogen) atoms. The lowest BCUT2D eigenvalue weighted by Crippen LogP contribution is -2.23. The molecule has 0 unspecified atom stereocenters. The number of hydrogen-bond donors (Lipinski definition) is 1. The van der Waals surface area contributed by atoms with E-state index < -0.39 is 0 Å². The highest BCUT2D eigenvalue weighted by Crippen LogP contribution is 2.23. The zero-order valence-corrected chi connectivity index (χ0v) is 11.0. The number of aryl methyl sites for hydroxylation is 1. The number of nitrogens with one attached hydrogen (secondary N) is 1. The van der Waals surface area contributed by atoms with Crippen LogP contribution in [-0.4, -0.2) is 15.8 Å². The summed E-state index contributed by atoms with van der Waals surface area (Å²) in [6, 6.07) is 10.3. The second kappa shape index (κ2) is 4.88. The van der Waals surface area contributed by atoms with Crippen LogP contribution in [0, 0.1) is 6.92 Å². The maximum atomic E-state index is 12.0. The molecule has 0 saturated heterocycles. The molecule has 1 aromatic carbocycles. The van der Waals surface area contributed by atoms with E-state index in [9.17, 15) is 4.79 Å². The van der Waals surface area contributed by atoms with Crippen molar-refractivity contribution in [2.75, 3.05) is 5.32 Å². The van der Waals surface area contributed by atoms with E-state index in [0.29, 0.717) is 12.6 Å². The molecule has 0 atom stereocenters. The van der Waals surface area contributed by atoms with E-state index in [0.717, 1.165) is 11.3 Å². The van der Waals surface area contributed by atoms with Gasteiger partial charge >= 0.3 is 0 Å². The third-order valence-electron chi connectivity index (χ3n) is 3.27. The molecule has 0 radical (unpaired) electrons. The molecule has 1 aromatic heterocycles. The molecule has 98 valence electrons. The first-order chi connectivity index (χ1) is 9.20. The normalized spacial score (nSPS) is 14.4. The number of anilines is 1. The standard InChI is InChI=1S/C15H17N3O/c1-11-2-4-12(5-3-11)10-18-15(19)8-14(9-16-18)17-13-6-7-13/h2-5,8-9,13,17H,6-7,10H2,1H3. The third kappa shape index (κ3) is 3.02. The van der Waals surface area contributed by atoms with Crippen LogP contribution >= 0.6 is 0 Å². The van der Waals surface area contributed by atoms with E-state index in [1.54, 1.807) is 12.3 Å². The van der Waals surface area contributed by atoms with Crippen LogP contribution in [0.3, 0.4) is 0 Å². The van der Waals surface area contributed by atoms with Gasteiger partial charge in [0.15, 0.2) is 0 Å². The van der Waals surface area contributed by atoms with Crippen molar-refractivity contribution in [1.82, 2.24) is 9.78 Å². The number of aromatic nitrogens is 2. The van der Waals surface area contributed by atoms with E-state index in [4.69, 9.17) is 0 Å². The molecule has 4 heteroatoms. The van der Waals surface area contributed by atoms with Crippen LogP contribution in [0.2, 0.25) is 0 Å². The zero-order chi connectivity index (χ0) is 13.2. The molecule has 1 heterocycles.